The minimum Gasteiger partial charge on any atom is -0.431 e. The van der Waals surface area contributed by atoms with E-state index >= 15 is 0 Å². The molecule has 14 heavy (non-hydrogen) atoms. The zero-order valence-electron chi connectivity index (χ0n) is 6.83. The normalized spacial score (nSPS) is 10.1. The maximum absolute atomic E-state index is 12.7. The molecule has 2 aromatic rings. The number of hydrogen-bond acceptors (Lipinski definition) is 3. The number of thiazole rings is 1. The fraction of sp³-hybridized carbons (Fsp3) is 0. The maximum atomic E-state index is 12.7. The summed E-state index contributed by atoms with van der Waals surface area (Å²) in [5.41, 5.74) is 0. The van der Waals surface area contributed by atoms with Crippen LogP contribution < -0.4 is 4.74 Å². The number of hydrogen-bond donors (Lipinski definition) is 0. The fourth-order valence-corrected chi connectivity index (χ4v) is 1.97. The molecule has 1 aromatic carbocycles. The van der Waals surface area contributed by atoms with Gasteiger partial charge in [-0.15, -0.1) is 0 Å². The van der Waals surface area contributed by atoms with Gasteiger partial charge >= 0.3 is 0 Å². The van der Waals surface area contributed by atoms with Crippen molar-refractivity contribution >= 4 is 27.3 Å². The Bertz CT molecular complexity index is 446. The summed E-state index contributed by atoms with van der Waals surface area (Å²) in [5, 5.41) is 2.27. The molecule has 71 valence electrons. The topological polar surface area (TPSA) is 22.1 Å². The summed E-state index contributed by atoms with van der Waals surface area (Å²) in [6.45, 7) is 0. The molecule has 0 spiro atoms. The van der Waals surface area contributed by atoms with Crippen molar-refractivity contribution in [1.82, 2.24) is 4.98 Å². The Kier molecular flexibility index (Phi) is 2.79. The smallest absolute Gasteiger partial charge is 0.279 e. The van der Waals surface area contributed by atoms with E-state index in [0.717, 1.165) is 0 Å². The molecule has 0 fully saturated rings. The molecule has 0 aliphatic heterocycles. The second-order valence-electron chi connectivity index (χ2n) is 2.41. The van der Waals surface area contributed by atoms with Gasteiger partial charge in [-0.1, -0.05) is 11.3 Å². The number of nitrogens with zero attached hydrogens (tertiary/aromatic N) is 1. The van der Waals surface area contributed by atoms with Crippen LogP contribution in [0.25, 0.3) is 0 Å². The van der Waals surface area contributed by atoms with E-state index in [4.69, 9.17) is 4.74 Å². The van der Waals surface area contributed by atoms with E-state index in [1.165, 1.54) is 23.5 Å². The minimum atomic E-state index is -0.446. The average Bonchev–Trinajstić information content (AvgIpc) is 2.51. The highest BCUT2D eigenvalue weighted by atomic mass is 79.9. The molecule has 0 aliphatic carbocycles. The van der Waals surface area contributed by atoms with Crippen LogP contribution in [-0.2, 0) is 0 Å². The predicted molar refractivity (Wildman–Crippen MR) is 55.1 cm³/mol. The van der Waals surface area contributed by atoms with E-state index in [-0.39, 0.29) is 0 Å². The highest BCUT2D eigenvalue weighted by Gasteiger charge is 2.02. The average molecular weight is 273 g/mol. The molecule has 0 atom stereocenters. The molecule has 0 saturated carbocycles. The summed E-state index contributed by atoms with van der Waals surface area (Å²) >= 11 is 4.54. The van der Waals surface area contributed by atoms with Gasteiger partial charge in [0, 0.05) is 17.5 Å². The van der Waals surface area contributed by atoms with Crippen molar-refractivity contribution in [3.63, 3.8) is 0 Å². The van der Waals surface area contributed by atoms with Crippen LogP contribution in [-0.4, -0.2) is 4.98 Å². The Morgan fingerprint density at radius 3 is 3.07 bits per heavy atom. The number of benzene rings is 1. The van der Waals surface area contributed by atoms with Gasteiger partial charge in [0.25, 0.3) is 5.19 Å². The van der Waals surface area contributed by atoms with E-state index < -0.39 is 5.82 Å². The van der Waals surface area contributed by atoms with Crippen molar-refractivity contribution in [3.05, 3.63) is 40.1 Å². The van der Waals surface area contributed by atoms with Gasteiger partial charge in [0.15, 0.2) is 0 Å². The Hall–Kier alpha value is -0.940. The molecular weight excluding hydrogens is 269 g/mol. The lowest BCUT2D eigenvalue weighted by molar-refractivity contribution is 0.472. The highest BCUT2D eigenvalue weighted by molar-refractivity contribution is 9.10. The minimum absolute atomic E-state index is 0.420. The Labute approximate surface area is 92.5 Å². The van der Waals surface area contributed by atoms with E-state index in [0.29, 0.717) is 15.5 Å². The summed E-state index contributed by atoms with van der Waals surface area (Å²) in [7, 11) is 0. The van der Waals surface area contributed by atoms with Gasteiger partial charge in [0.1, 0.15) is 16.2 Å². The molecular formula is C9H4BrFNOS. The molecule has 0 aliphatic rings. The Morgan fingerprint density at radius 2 is 2.43 bits per heavy atom. The third kappa shape index (κ3) is 2.30. The third-order valence-electron chi connectivity index (χ3n) is 1.40. The lowest BCUT2D eigenvalue weighted by atomic mass is 10.3. The van der Waals surface area contributed by atoms with Crippen LogP contribution in [0.1, 0.15) is 0 Å². The molecule has 0 bridgehead atoms. The van der Waals surface area contributed by atoms with Gasteiger partial charge in [0.05, 0.1) is 0 Å². The largest absolute Gasteiger partial charge is 0.431 e. The van der Waals surface area contributed by atoms with Crippen LogP contribution in [0.4, 0.5) is 4.39 Å². The van der Waals surface area contributed by atoms with E-state index in [1.807, 2.05) is 0 Å². The Balaban J connectivity index is 2.18. The molecule has 0 saturated heterocycles. The van der Waals surface area contributed by atoms with E-state index in [1.54, 1.807) is 11.4 Å². The van der Waals surface area contributed by atoms with Gasteiger partial charge in [-0.3, -0.25) is 0 Å². The molecule has 0 N–H and O–H groups in total. The highest BCUT2D eigenvalue weighted by Crippen LogP contribution is 2.27. The van der Waals surface area contributed by atoms with Gasteiger partial charge in [-0.2, -0.15) is 4.98 Å². The Morgan fingerprint density at radius 1 is 1.57 bits per heavy atom. The van der Waals surface area contributed by atoms with Crippen LogP contribution in [0.5, 0.6) is 10.9 Å². The lowest BCUT2D eigenvalue weighted by Gasteiger charge is -1.99. The monoisotopic (exact) mass is 272 g/mol. The molecule has 2 nitrogen and oxygen atoms in total. The predicted octanol–water partition coefficient (Wildman–Crippen LogP) is 3.64. The number of aromatic nitrogens is 1. The van der Waals surface area contributed by atoms with Crippen molar-refractivity contribution < 1.29 is 9.13 Å². The first kappa shape index (κ1) is 9.61. The van der Waals surface area contributed by atoms with Crippen LogP contribution in [0.15, 0.2) is 28.2 Å². The van der Waals surface area contributed by atoms with E-state index in [9.17, 15) is 4.39 Å². The second-order valence-corrected chi connectivity index (χ2v) is 4.04. The summed E-state index contributed by atoms with van der Waals surface area (Å²) in [6.07, 6.45) is 0. The molecule has 1 radical (unpaired) electrons. The van der Waals surface area contributed by atoms with Gasteiger partial charge in [0.2, 0.25) is 0 Å². The SMILES string of the molecule is Fc1[c]ccc(Oc2nc(Br)cs2)c1. The molecule has 0 unspecified atom stereocenters. The van der Waals surface area contributed by atoms with Crippen molar-refractivity contribution in [3.8, 4) is 10.9 Å². The summed E-state index contributed by atoms with van der Waals surface area (Å²) in [6, 6.07) is 6.74. The molecule has 5 heteroatoms. The first-order valence-electron chi connectivity index (χ1n) is 3.70. The number of rotatable bonds is 2. The van der Waals surface area contributed by atoms with Crippen LogP contribution in [0, 0.1) is 11.9 Å². The first-order valence-corrected chi connectivity index (χ1v) is 5.37. The van der Waals surface area contributed by atoms with Crippen molar-refractivity contribution in [2.45, 2.75) is 0 Å². The van der Waals surface area contributed by atoms with Crippen molar-refractivity contribution in [1.29, 1.82) is 0 Å². The zero-order valence-corrected chi connectivity index (χ0v) is 9.23. The lowest BCUT2D eigenvalue weighted by Crippen LogP contribution is -1.83. The molecule has 0 amide bonds. The van der Waals surface area contributed by atoms with Crippen molar-refractivity contribution in [2.24, 2.45) is 0 Å². The zero-order chi connectivity index (χ0) is 9.97. The third-order valence-corrected chi connectivity index (χ3v) is 2.82. The second kappa shape index (κ2) is 4.06. The van der Waals surface area contributed by atoms with Gasteiger partial charge < -0.3 is 4.74 Å². The van der Waals surface area contributed by atoms with Crippen LogP contribution >= 0.6 is 27.3 Å². The number of halogens is 2. The number of ether oxygens (including phenoxy) is 1. The van der Waals surface area contributed by atoms with Crippen LogP contribution in [0.3, 0.4) is 0 Å². The molecule has 1 aromatic heterocycles. The maximum Gasteiger partial charge on any atom is 0.279 e. The van der Waals surface area contributed by atoms with Gasteiger partial charge in [-0.05, 0) is 28.1 Å². The summed E-state index contributed by atoms with van der Waals surface area (Å²) in [5.74, 6) is -0.0266. The van der Waals surface area contributed by atoms with E-state index in [2.05, 4.69) is 27.0 Å². The van der Waals surface area contributed by atoms with Crippen LogP contribution in [0.2, 0.25) is 0 Å². The first-order chi connectivity index (χ1) is 6.74. The standard InChI is InChI=1S/C9H4BrFNOS/c10-8-5-14-9(12-8)13-7-3-1-2-6(11)4-7/h1,3-5H. The quantitative estimate of drug-likeness (QED) is 0.833. The summed E-state index contributed by atoms with van der Waals surface area (Å²) < 4.78 is 18.7. The molecule has 2 rings (SSSR count). The fourth-order valence-electron chi connectivity index (χ4n) is 0.868. The summed E-state index contributed by atoms with van der Waals surface area (Å²) in [4.78, 5) is 4.02. The van der Waals surface area contributed by atoms with Crippen molar-refractivity contribution in [2.75, 3.05) is 0 Å². The molecule has 1 heterocycles. The van der Waals surface area contributed by atoms with Gasteiger partial charge in [-0.25, -0.2) is 4.39 Å².